The molecule has 3 rings (SSSR count). The van der Waals surface area contributed by atoms with Gasteiger partial charge in [0.15, 0.2) is 0 Å². The van der Waals surface area contributed by atoms with Crippen LogP contribution in [0.1, 0.15) is 5.56 Å². The largest absolute Gasteiger partial charge is 0.423 e. The fourth-order valence-corrected chi connectivity index (χ4v) is 5.58. The second-order valence-corrected chi connectivity index (χ2v) is 9.50. The molecule has 0 saturated carbocycles. The number of piperazine rings is 1. The van der Waals surface area contributed by atoms with Crippen LogP contribution < -0.4 is 4.90 Å². The summed E-state index contributed by atoms with van der Waals surface area (Å²) >= 11 is 1.15. The van der Waals surface area contributed by atoms with Crippen molar-refractivity contribution in [2.24, 2.45) is 0 Å². The molecule has 2 aromatic rings. The van der Waals surface area contributed by atoms with Crippen molar-refractivity contribution in [1.82, 2.24) is 4.31 Å². The molecule has 1 aromatic heterocycles. The maximum atomic E-state index is 13.0. The third-order valence-corrected chi connectivity index (χ3v) is 8.01. The van der Waals surface area contributed by atoms with E-state index in [2.05, 4.69) is 0 Å². The monoisotopic (exact) mass is 436 g/mol. The number of aliphatic hydroxyl groups is 2. The molecule has 1 saturated heterocycles. The van der Waals surface area contributed by atoms with E-state index < -0.39 is 34.0 Å². The molecule has 0 aliphatic carbocycles. The lowest BCUT2D eigenvalue weighted by atomic mass is 9.94. The summed E-state index contributed by atoms with van der Waals surface area (Å²) in [4.78, 5) is 1.86. The Morgan fingerprint density at radius 3 is 2.11 bits per heavy atom. The van der Waals surface area contributed by atoms with Crippen LogP contribution in [-0.2, 0) is 15.6 Å². The molecule has 0 unspecified atom stereocenters. The van der Waals surface area contributed by atoms with Crippen LogP contribution in [0.5, 0.6) is 0 Å². The number of sulfonamides is 1. The zero-order valence-corrected chi connectivity index (χ0v) is 16.3. The molecule has 28 heavy (non-hydrogen) atoms. The molecule has 2 heterocycles. The van der Waals surface area contributed by atoms with Gasteiger partial charge < -0.3 is 15.1 Å². The van der Waals surface area contributed by atoms with Gasteiger partial charge in [-0.05, 0) is 29.1 Å². The first kappa shape index (κ1) is 21.1. The molecule has 0 radical (unpaired) electrons. The van der Waals surface area contributed by atoms with Crippen molar-refractivity contribution in [2.45, 2.75) is 16.0 Å². The number of benzene rings is 1. The Balaban J connectivity index is 1.70. The van der Waals surface area contributed by atoms with Crippen molar-refractivity contribution < 1.29 is 31.8 Å². The molecule has 2 N–H and O–H groups in total. The smallest absolute Gasteiger partial charge is 0.393 e. The summed E-state index contributed by atoms with van der Waals surface area (Å²) in [5, 5.41) is 20.5. The van der Waals surface area contributed by atoms with Gasteiger partial charge >= 0.3 is 6.18 Å². The molecule has 0 bridgehead atoms. The van der Waals surface area contributed by atoms with Gasteiger partial charge in [-0.2, -0.15) is 17.5 Å². The van der Waals surface area contributed by atoms with E-state index in [0.29, 0.717) is 18.8 Å². The van der Waals surface area contributed by atoms with Crippen molar-refractivity contribution in [2.75, 3.05) is 37.7 Å². The lowest BCUT2D eigenvalue weighted by molar-refractivity contribution is -0.277. The lowest BCUT2D eigenvalue weighted by Gasteiger charge is -2.35. The Kier molecular flexibility index (Phi) is 5.74. The van der Waals surface area contributed by atoms with Gasteiger partial charge in [0.25, 0.3) is 10.0 Å². The first-order valence-corrected chi connectivity index (χ1v) is 10.7. The van der Waals surface area contributed by atoms with Gasteiger partial charge in [-0.25, -0.2) is 8.42 Å². The Labute approximate surface area is 164 Å². The highest BCUT2D eigenvalue weighted by molar-refractivity contribution is 7.91. The third kappa shape index (κ3) is 3.77. The van der Waals surface area contributed by atoms with E-state index in [4.69, 9.17) is 5.11 Å². The van der Waals surface area contributed by atoms with Gasteiger partial charge in [-0.1, -0.05) is 18.2 Å². The SMILES string of the molecule is O=S(=O)(c1cccs1)N1CCN(c2ccc([C@@](O)(CO)C(F)(F)F)cc2)CC1. The number of thiophene rings is 1. The number of hydrogen-bond acceptors (Lipinski definition) is 6. The zero-order valence-electron chi connectivity index (χ0n) is 14.6. The quantitative estimate of drug-likeness (QED) is 0.750. The molecule has 11 heteroatoms. The van der Waals surface area contributed by atoms with Gasteiger partial charge in [-0.3, -0.25) is 0 Å². The minimum atomic E-state index is -5.01. The molecule has 1 atom stereocenters. The van der Waals surface area contributed by atoms with E-state index >= 15 is 0 Å². The van der Waals surface area contributed by atoms with Crippen molar-refractivity contribution in [3.05, 3.63) is 47.3 Å². The van der Waals surface area contributed by atoms with Crippen LogP contribution in [0.25, 0.3) is 0 Å². The molecule has 1 fully saturated rings. The van der Waals surface area contributed by atoms with E-state index in [1.807, 2.05) is 4.90 Å². The van der Waals surface area contributed by atoms with Gasteiger partial charge in [-0.15, -0.1) is 11.3 Å². The summed E-state index contributed by atoms with van der Waals surface area (Å²) < 4.78 is 65.8. The van der Waals surface area contributed by atoms with Crippen molar-refractivity contribution >= 4 is 27.0 Å². The Morgan fingerprint density at radius 1 is 1.04 bits per heavy atom. The number of aliphatic hydroxyl groups excluding tert-OH is 1. The van der Waals surface area contributed by atoms with Crippen LogP contribution >= 0.6 is 11.3 Å². The summed E-state index contributed by atoms with van der Waals surface area (Å²) in [6.45, 7) is -0.202. The minimum Gasteiger partial charge on any atom is -0.393 e. The Hall–Kier alpha value is -1.66. The van der Waals surface area contributed by atoms with E-state index in [-0.39, 0.29) is 17.3 Å². The van der Waals surface area contributed by atoms with Gasteiger partial charge in [0.1, 0.15) is 4.21 Å². The van der Waals surface area contributed by atoms with E-state index in [1.54, 1.807) is 17.5 Å². The fraction of sp³-hybridized carbons (Fsp3) is 0.412. The third-order valence-electron chi connectivity index (χ3n) is 4.74. The standard InChI is InChI=1S/C17H19F3N2O4S2/c18-17(19,20)16(24,12-23)13-3-5-14(6-4-13)21-7-9-22(10-8-21)28(25,26)15-2-1-11-27-15/h1-6,11,23-24H,7-10,12H2/t16-/m0/s1. The maximum Gasteiger partial charge on any atom is 0.423 e. The molecule has 154 valence electrons. The van der Waals surface area contributed by atoms with Crippen LogP contribution in [0.3, 0.4) is 0 Å². The summed E-state index contributed by atoms with van der Waals surface area (Å²) in [5.41, 5.74) is -3.16. The molecule has 0 spiro atoms. The molecule has 1 aliphatic rings. The molecule has 1 aromatic carbocycles. The highest BCUT2D eigenvalue weighted by atomic mass is 32.2. The highest BCUT2D eigenvalue weighted by Gasteiger charge is 2.54. The summed E-state index contributed by atoms with van der Waals surface area (Å²) in [6, 6.07) is 8.30. The van der Waals surface area contributed by atoms with Crippen molar-refractivity contribution in [3.63, 3.8) is 0 Å². The highest BCUT2D eigenvalue weighted by Crippen LogP contribution is 2.39. The van der Waals surface area contributed by atoms with Crippen molar-refractivity contribution in [1.29, 1.82) is 0 Å². The van der Waals surface area contributed by atoms with Crippen LogP contribution in [0, 0.1) is 0 Å². The minimum absolute atomic E-state index is 0.255. The predicted octanol–water partition coefficient (Wildman–Crippen LogP) is 2.00. The Morgan fingerprint density at radius 2 is 1.64 bits per heavy atom. The maximum absolute atomic E-state index is 13.0. The molecule has 0 amide bonds. The van der Waals surface area contributed by atoms with E-state index in [9.17, 15) is 26.7 Å². The average molecular weight is 436 g/mol. The molecule has 6 nitrogen and oxygen atoms in total. The fourth-order valence-electron chi connectivity index (χ4n) is 3.02. The van der Waals surface area contributed by atoms with Gasteiger partial charge in [0.2, 0.25) is 5.60 Å². The molecular weight excluding hydrogens is 417 g/mol. The number of alkyl halides is 3. The number of rotatable bonds is 5. The van der Waals surface area contributed by atoms with Gasteiger partial charge in [0.05, 0.1) is 6.61 Å². The topological polar surface area (TPSA) is 81.1 Å². The van der Waals surface area contributed by atoms with Crippen LogP contribution in [-0.4, -0.2) is 61.9 Å². The second kappa shape index (κ2) is 7.64. The molecular formula is C17H19F3N2O4S2. The predicted molar refractivity (Wildman–Crippen MR) is 98.8 cm³/mol. The number of nitrogens with zero attached hydrogens (tertiary/aromatic N) is 2. The second-order valence-electron chi connectivity index (χ2n) is 6.39. The van der Waals surface area contributed by atoms with Crippen LogP contribution in [0.4, 0.5) is 18.9 Å². The van der Waals surface area contributed by atoms with Gasteiger partial charge in [0, 0.05) is 31.9 Å². The van der Waals surface area contributed by atoms with E-state index in [0.717, 1.165) is 23.5 Å². The first-order valence-electron chi connectivity index (χ1n) is 8.39. The zero-order chi connectivity index (χ0) is 20.6. The summed E-state index contributed by atoms with van der Waals surface area (Å²) in [7, 11) is -3.53. The van der Waals surface area contributed by atoms with E-state index in [1.165, 1.54) is 16.4 Å². The molecule has 1 aliphatic heterocycles. The normalized spacial score (nSPS) is 18.8. The Bertz CT molecular complexity index is 893. The van der Waals surface area contributed by atoms with Crippen molar-refractivity contribution in [3.8, 4) is 0 Å². The van der Waals surface area contributed by atoms with Crippen LogP contribution in [0.15, 0.2) is 46.0 Å². The number of halogens is 3. The summed E-state index contributed by atoms with van der Waals surface area (Å²) in [5.74, 6) is 0. The number of anilines is 1. The average Bonchev–Trinajstić information content (AvgIpc) is 3.22. The van der Waals surface area contributed by atoms with Crippen LogP contribution in [0.2, 0.25) is 0 Å². The first-order chi connectivity index (χ1) is 13.1. The lowest BCUT2D eigenvalue weighted by Crippen LogP contribution is -2.48. The summed E-state index contributed by atoms with van der Waals surface area (Å²) in [6.07, 6.45) is -5.01. The number of hydrogen-bond donors (Lipinski definition) is 2.